The van der Waals surface area contributed by atoms with Crippen LogP contribution in [0, 0.1) is 6.92 Å². The summed E-state index contributed by atoms with van der Waals surface area (Å²) in [5.74, 6) is -0.811. The van der Waals surface area contributed by atoms with Gasteiger partial charge in [-0.05, 0) is 57.1 Å². The van der Waals surface area contributed by atoms with E-state index >= 15 is 0 Å². The van der Waals surface area contributed by atoms with Gasteiger partial charge in [-0.2, -0.15) is 23.1 Å². The van der Waals surface area contributed by atoms with E-state index in [1.54, 1.807) is 4.90 Å². The molecular formula is C29H31ClF5N7O2. The molecule has 4 heterocycles. The van der Waals surface area contributed by atoms with Gasteiger partial charge < -0.3 is 25.2 Å². The Bertz CT molecular complexity index is 1590. The van der Waals surface area contributed by atoms with Gasteiger partial charge in [-0.15, -0.1) is 0 Å². The van der Waals surface area contributed by atoms with Gasteiger partial charge in [0.2, 0.25) is 0 Å². The SMILES string of the molecule is Cc1cc(N)nc(-c2cc3nc(OC[C@@H]4CCCN4C)nc(N4CCN(C=C(F)C=O)[C@H](CF)C4)c3cc2Cl)c1C(F)(F)F. The van der Waals surface area contributed by atoms with E-state index < -0.39 is 36.0 Å². The number of likely N-dealkylation sites (tertiary alicyclic amines) is 1. The number of ether oxygens (including phenoxy) is 1. The van der Waals surface area contributed by atoms with Crippen LogP contribution in [0.1, 0.15) is 24.0 Å². The first kappa shape index (κ1) is 31.6. The lowest BCUT2D eigenvalue weighted by molar-refractivity contribution is -0.137. The summed E-state index contributed by atoms with van der Waals surface area (Å²) in [6.45, 7) is 2.13. The molecule has 2 atom stereocenters. The highest BCUT2D eigenvalue weighted by Gasteiger charge is 2.37. The van der Waals surface area contributed by atoms with E-state index in [2.05, 4.69) is 19.9 Å². The van der Waals surface area contributed by atoms with E-state index in [0.29, 0.717) is 11.2 Å². The lowest BCUT2D eigenvalue weighted by Crippen LogP contribution is -2.52. The molecule has 2 saturated heterocycles. The summed E-state index contributed by atoms with van der Waals surface area (Å²) in [7, 11) is 1.99. The number of carbonyl (C=O) groups excluding carboxylic acids is 1. The number of aldehydes is 1. The molecule has 0 spiro atoms. The normalized spacial score (nSPS) is 20.0. The van der Waals surface area contributed by atoms with Gasteiger partial charge in [0.1, 0.15) is 24.9 Å². The number of aryl methyl sites for hydroxylation is 1. The highest BCUT2D eigenvalue weighted by molar-refractivity contribution is 6.34. The van der Waals surface area contributed by atoms with Crippen molar-refractivity contribution < 1.29 is 31.5 Å². The summed E-state index contributed by atoms with van der Waals surface area (Å²) in [4.78, 5) is 29.3. The maximum atomic E-state index is 14.2. The fourth-order valence-electron chi connectivity index (χ4n) is 5.77. The number of rotatable bonds is 8. The number of piperazine rings is 1. The fourth-order valence-corrected chi connectivity index (χ4v) is 6.02. The third kappa shape index (κ3) is 6.50. The van der Waals surface area contributed by atoms with E-state index in [-0.39, 0.29) is 72.1 Å². The maximum Gasteiger partial charge on any atom is 0.418 e. The minimum atomic E-state index is -4.74. The quantitative estimate of drug-likeness (QED) is 0.203. The largest absolute Gasteiger partial charge is 0.462 e. The Kier molecular flexibility index (Phi) is 9.12. The van der Waals surface area contributed by atoms with Crippen LogP contribution in [0.2, 0.25) is 5.02 Å². The van der Waals surface area contributed by atoms with Gasteiger partial charge in [-0.1, -0.05) is 11.6 Å². The number of anilines is 2. The topological polar surface area (TPSA) is 101 Å². The molecule has 3 aromatic rings. The van der Waals surface area contributed by atoms with Gasteiger partial charge in [-0.25, -0.2) is 13.8 Å². The summed E-state index contributed by atoms with van der Waals surface area (Å²) in [6.07, 6.45) is -1.79. The smallest absolute Gasteiger partial charge is 0.418 e. The first-order valence-electron chi connectivity index (χ1n) is 14.0. The zero-order valence-electron chi connectivity index (χ0n) is 24.0. The molecule has 2 fully saturated rings. The van der Waals surface area contributed by atoms with Crippen molar-refractivity contribution in [3.8, 4) is 17.3 Å². The minimum absolute atomic E-state index is 0.0139. The minimum Gasteiger partial charge on any atom is -0.462 e. The van der Waals surface area contributed by atoms with E-state index in [4.69, 9.17) is 22.1 Å². The fraction of sp³-hybridized carbons (Fsp3) is 0.448. The molecule has 2 aliphatic rings. The number of carbonyl (C=O) groups is 1. The molecule has 2 aliphatic heterocycles. The van der Waals surface area contributed by atoms with E-state index in [1.807, 2.05) is 7.05 Å². The van der Waals surface area contributed by atoms with Crippen molar-refractivity contribution in [3.05, 3.63) is 46.4 Å². The molecule has 2 N–H and O–H groups in total. The van der Waals surface area contributed by atoms with Crippen molar-refractivity contribution >= 4 is 40.4 Å². The number of halogens is 6. The van der Waals surface area contributed by atoms with Crippen LogP contribution in [0.4, 0.5) is 33.6 Å². The third-order valence-electron chi connectivity index (χ3n) is 8.00. The molecule has 0 saturated carbocycles. The first-order chi connectivity index (χ1) is 20.9. The molecule has 0 bridgehead atoms. The highest BCUT2D eigenvalue weighted by Crippen LogP contribution is 2.43. The van der Waals surface area contributed by atoms with E-state index in [0.717, 1.165) is 31.7 Å². The average Bonchev–Trinajstić information content (AvgIpc) is 3.38. The Morgan fingerprint density at radius 2 is 1.93 bits per heavy atom. The Morgan fingerprint density at radius 3 is 2.59 bits per heavy atom. The number of alkyl halides is 4. The number of nitrogens with two attached hydrogens (primary N) is 1. The van der Waals surface area contributed by atoms with E-state index in [1.165, 1.54) is 24.0 Å². The molecule has 15 heteroatoms. The number of benzene rings is 1. The van der Waals surface area contributed by atoms with Gasteiger partial charge in [0, 0.05) is 42.8 Å². The molecule has 0 aliphatic carbocycles. The summed E-state index contributed by atoms with van der Waals surface area (Å²) in [5.41, 5.74) is 4.52. The number of pyridine rings is 1. The number of aromatic nitrogens is 3. The summed E-state index contributed by atoms with van der Waals surface area (Å²) < 4.78 is 76.3. The molecular weight excluding hydrogens is 609 g/mol. The standard InChI is InChI=1S/C29H31ClF5N7O2/c1-16-8-24(36)38-26(25(16)29(33,34)35)20-10-23-21(9-22(20)30)27(39-28(37-23)44-15-18-4-3-5-40(18)2)42-7-6-41(12-17(32)14-43)19(11-31)13-42/h8-10,12,14,18-19H,3-7,11,13,15H2,1-2H3,(H2,36,38)/t18-,19+/m0/s1. The zero-order chi connectivity index (χ0) is 31.8. The molecule has 1 aromatic carbocycles. The second-order valence-corrected chi connectivity index (χ2v) is 11.4. The van der Waals surface area contributed by atoms with Crippen LogP contribution in [-0.2, 0) is 11.0 Å². The van der Waals surface area contributed by atoms with Crippen LogP contribution in [0.3, 0.4) is 0 Å². The van der Waals surface area contributed by atoms with Crippen molar-refractivity contribution in [2.75, 3.05) is 57.1 Å². The Labute approximate surface area is 255 Å². The predicted octanol–water partition coefficient (Wildman–Crippen LogP) is 5.20. The van der Waals surface area contributed by atoms with Crippen LogP contribution in [0.15, 0.2) is 30.2 Å². The van der Waals surface area contributed by atoms with Crippen LogP contribution in [0.25, 0.3) is 22.2 Å². The molecule has 2 aromatic heterocycles. The van der Waals surface area contributed by atoms with Crippen molar-refractivity contribution in [2.24, 2.45) is 0 Å². The lowest BCUT2D eigenvalue weighted by Gasteiger charge is -2.40. The molecule has 9 nitrogen and oxygen atoms in total. The lowest BCUT2D eigenvalue weighted by atomic mass is 9.99. The maximum absolute atomic E-state index is 14.2. The summed E-state index contributed by atoms with van der Waals surface area (Å²) in [6, 6.07) is 3.29. The van der Waals surface area contributed by atoms with E-state index in [9.17, 15) is 26.7 Å². The van der Waals surface area contributed by atoms with Crippen LogP contribution < -0.4 is 15.4 Å². The number of fused-ring (bicyclic) bond motifs is 1. The van der Waals surface area contributed by atoms with Gasteiger partial charge in [0.05, 0.1) is 27.8 Å². The number of likely N-dealkylation sites (N-methyl/N-ethyl adjacent to an activating group) is 1. The van der Waals surface area contributed by atoms with Crippen molar-refractivity contribution in [2.45, 2.75) is 38.0 Å². The zero-order valence-corrected chi connectivity index (χ0v) is 24.8. The second-order valence-electron chi connectivity index (χ2n) is 11.0. The molecule has 0 radical (unpaired) electrons. The molecule has 0 unspecified atom stereocenters. The van der Waals surface area contributed by atoms with Gasteiger partial charge in [-0.3, -0.25) is 4.79 Å². The Hall–Kier alpha value is -3.78. The van der Waals surface area contributed by atoms with Crippen LogP contribution >= 0.6 is 11.6 Å². The second kappa shape index (κ2) is 12.7. The van der Waals surface area contributed by atoms with Gasteiger partial charge in [0.15, 0.2) is 12.1 Å². The number of nitrogen functional groups attached to an aromatic ring is 1. The monoisotopic (exact) mass is 639 g/mol. The van der Waals surface area contributed by atoms with Gasteiger partial charge in [0.25, 0.3) is 0 Å². The summed E-state index contributed by atoms with van der Waals surface area (Å²) in [5, 5.41) is 0.335. The molecule has 0 amide bonds. The average molecular weight is 640 g/mol. The molecule has 236 valence electrons. The Morgan fingerprint density at radius 1 is 1.16 bits per heavy atom. The van der Waals surface area contributed by atoms with Crippen molar-refractivity contribution in [3.63, 3.8) is 0 Å². The van der Waals surface area contributed by atoms with Crippen molar-refractivity contribution in [1.29, 1.82) is 0 Å². The summed E-state index contributed by atoms with van der Waals surface area (Å²) >= 11 is 6.62. The highest BCUT2D eigenvalue weighted by atomic mass is 35.5. The predicted molar refractivity (Wildman–Crippen MR) is 157 cm³/mol. The first-order valence-corrected chi connectivity index (χ1v) is 14.4. The number of hydrogen-bond donors (Lipinski definition) is 1. The number of hydrogen-bond acceptors (Lipinski definition) is 9. The number of nitrogens with zero attached hydrogens (tertiary/aromatic N) is 6. The number of allylic oxidation sites excluding steroid dienone is 1. The third-order valence-corrected chi connectivity index (χ3v) is 8.32. The van der Waals surface area contributed by atoms with Gasteiger partial charge >= 0.3 is 12.2 Å². The molecule has 5 rings (SSSR count). The van der Waals surface area contributed by atoms with Crippen LogP contribution in [-0.4, -0.2) is 89.6 Å². The van der Waals surface area contributed by atoms with Crippen LogP contribution in [0.5, 0.6) is 6.01 Å². The molecule has 44 heavy (non-hydrogen) atoms. The van der Waals surface area contributed by atoms with Crippen molar-refractivity contribution in [1.82, 2.24) is 24.8 Å². The Balaban J connectivity index is 1.62.